The Labute approximate surface area is 102 Å². The van der Waals surface area contributed by atoms with Crippen LogP contribution >= 0.6 is 11.3 Å². The highest BCUT2D eigenvalue weighted by molar-refractivity contribution is 7.11. The second-order valence-electron chi connectivity index (χ2n) is 3.73. The van der Waals surface area contributed by atoms with Crippen LogP contribution in [-0.4, -0.2) is 4.98 Å². The Morgan fingerprint density at radius 1 is 1.35 bits per heavy atom. The van der Waals surface area contributed by atoms with Gasteiger partial charge in [-0.2, -0.15) is 0 Å². The van der Waals surface area contributed by atoms with Crippen molar-refractivity contribution in [2.75, 3.05) is 0 Å². The molecule has 0 aliphatic rings. The second kappa shape index (κ2) is 4.89. The Kier molecular flexibility index (Phi) is 3.49. The summed E-state index contributed by atoms with van der Waals surface area (Å²) in [6.45, 7) is 2.25. The van der Waals surface area contributed by atoms with Crippen molar-refractivity contribution < 1.29 is 8.78 Å². The molecular weight excluding hydrogens is 242 g/mol. The molecule has 0 radical (unpaired) electrons. The number of rotatable bonds is 3. The summed E-state index contributed by atoms with van der Waals surface area (Å²) in [6, 6.07) is 3.63. The van der Waals surface area contributed by atoms with Crippen LogP contribution in [0, 0.1) is 18.6 Å². The lowest BCUT2D eigenvalue weighted by Crippen LogP contribution is -1.94. The third kappa shape index (κ3) is 2.68. The maximum atomic E-state index is 13.5. The SMILES string of the molecule is Cc1nc(CN)sc1Cc1ccc(F)cc1F. The van der Waals surface area contributed by atoms with Crippen LogP contribution in [0.3, 0.4) is 0 Å². The van der Waals surface area contributed by atoms with Gasteiger partial charge in [0.1, 0.15) is 16.6 Å². The molecular formula is C12H12F2N2S. The van der Waals surface area contributed by atoms with Gasteiger partial charge in [-0.3, -0.25) is 0 Å². The zero-order valence-electron chi connectivity index (χ0n) is 9.34. The molecule has 0 atom stereocenters. The number of aryl methyl sites for hydroxylation is 1. The van der Waals surface area contributed by atoms with Gasteiger partial charge in [0.2, 0.25) is 0 Å². The molecule has 2 nitrogen and oxygen atoms in total. The number of benzene rings is 1. The van der Waals surface area contributed by atoms with Gasteiger partial charge >= 0.3 is 0 Å². The molecule has 0 unspecified atom stereocenters. The highest BCUT2D eigenvalue weighted by Gasteiger charge is 2.10. The van der Waals surface area contributed by atoms with E-state index in [0.717, 1.165) is 21.6 Å². The number of hydrogen-bond acceptors (Lipinski definition) is 3. The van der Waals surface area contributed by atoms with Crippen molar-refractivity contribution >= 4 is 11.3 Å². The van der Waals surface area contributed by atoms with E-state index in [1.807, 2.05) is 6.92 Å². The van der Waals surface area contributed by atoms with Crippen molar-refractivity contribution in [1.29, 1.82) is 0 Å². The van der Waals surface area contributed by atoms with E-state index in [4.69, 9.17) is 5.73 Å². The second-order valence-corrected chi connectivity index (χ2v) is 4.90. The lowest BCUT2D eigenvalue weighted by molar-refractivity contribution is 0.575. The van der Waals surface area contributed by atoms with Crippen molar-refractivity contribution in [2.45, 2.75) is 19.9 Å². The van der Waals surface area contributed by atoms with Gasteiger partial charge in [0.15, 0.2) is 0 Å². The number of hydrogen-bond donors (Lipinski definition) is 1. The van der Waals surface area contributed by atoms with Gasteiger partial charge in [-0.15, -0.1) is 11.3 Å². The summed E-state index contributed by atoms with van der Waals surface area (Å²) in [4.78, 5) is 5.24. The first kappa shape index (κ1) is 12.1. The molecule has 90 valence electrons. The van der Waals surface area contributed by atoms with E-state index in [0.29, 0.717) is 18.5 Å². The summed E-state index contributed by atoms with van der Waals surface area (Å²) in [5.41, 5.74) is 6.83. The molecule has 2 N–H and O–H groups in total. The Hall–Kier alpha value is -1.33. The number of nitrogens with two attached hydrogens (primary N) is 1. The predicted molar refractivity (Wildman–Crippen MR) is 63.9 cm³/mol. The molecule has 0 aliphatic heterocycles. The lowest BCUT2D eigenvalue weighted by atomic mass is 10.1. The summed E-state index contributed by atoms with van der Waals surface area (Å²) >= 11 is 1.47. The molecule has 1 aromatic carbocycles. The van der Waals surface area contributed by atoms with Crippen LogP contribution in [0.5, 0.6) is 0 Å². The Bertz CT molecular complexity index is 537. The van der Waals surface area contributed by atoms with Gasteiger partial charge in [0, 0.05) is 23.9 Å². The Morgan fingerprint density at radius 2 is 2.12 bits per heavy atom. The fraction of sp³-hybridized carbons (Fsp3) is 0.250. The molecule has 1 aromatic heterocycles. The molecule has 2 aromatic rings. The fourth-order valence-electron chi connectivity index (χ4n) is 1.58. The van der Waals surface area contributed by atoms with E-state index in [-0.39, 0.29) is 0 Å². The van der Waals surface area contributed by atoms with Crippen molar-refractivity contribution in [1.82, 2.24) is 4.98 Å². The average Bonchev–Trinajstić information content (AvgIpc) is 2.64. The molecule has 0 saturated heterocycles. The molecule has 2 rings (SSSR count). The van der Waals surface area contributed by atoms with Gasteiger partial charge < -0.3 is 5.73 Å². The van der Waals surface area contributed by atoms with Crippen LogP contribution in [0.15, 0.2) is 18.2 Å². The maximum absolute atomic E-state index is 13.5. The number of nitrogens with zero attached hydrogens (tertiary/aromatic N) is 1. The van der Waals surface area contributed by atoms with E-state index >= 15 is 0 Å². The van der Waals surface area contributed by atoms with Crippen molar-refractivity contribution in [3.05, 3.63) is 51.0 Å². The van der Waals surface area contributed by atoms with Crippen LogP contribution in [0.4, 0.5) is 8.78 Å². The van der Waals surface area contributed by atoms with Crippen molar-refractivity contribution in [3.63, 3.8) is 0 Å². The van der Waals surface area contributed by atoms with Crippen LogP contribution in [0.1, 0.15) is 21.1 Å². The number of halogens is 2. The molecule has 0 fully saturated rings. The minimum Gasteiger partial charge on any atom is -0.325 e. The molecule has 0 amide bonds. The lowest BCUT2D eigenvalue weighted by Gasteiger charge is -2.01. The van der Waals surface area contributed by atoms with E-state index in [1.54, 1.807) is 0 Å². The first-order valence-electron chi connectivity index (χ1n) is 5.19. The van der Waals surface area contributed by atoms with E-state index in [9.17, 15) is 8.78 Å². The van der Waals surface area contributed by atoms with Crippen LogP contribution in [-0.2, 0) is 13.0 Å². The van der Waals surface area contributed by atoms with E-state index in [1.165, 1.54) is 23.5 Å². The van der Waals surface area contributed by atoms with Crippen LogP contribution < -0.4 is 5.73 Å². The quantitative estimate of drug-likeness (QED) is 0.914. The number of aromatic nitrogens is 1. The van der Waals surface area contributed by atoms with Gasteiger partial charge in [0.25, 0.3) is 0 Å². The highest BCUT2D eigenvalue weighted by Crippen LogP contribution is 2.22. The summed E-state index contributed by atoms with van der Waals surface area (Å²) in [5, 5.41) is 0.833. The van der Waals surface area contributed by atoms with E-state index in [2.05, 4.69) is 4.98 Å². The third-order valence-corrected chi connectivity index (χ3v) is 3.66. The zero-order chi connectivity index (χ0) is 12.4. The Morgan fingerprint density at radius 3 is 2.71 bits per heavy atom. The largest absolute Gasteiger partial charge is 0.325 e. The normalized spacial score (nSPS) is 10.8. The minimum absolute atomic E-state index is 0.386. The summed E-state index contributed by atoms with van der Waals surface area (Å²) < 4.78 is 26.2. The van der Waals surface area contributed by atoms with Gasteiger partial charge in [0.05, 0.1) is 5.69 Å². The summed E-state index contributed by atoms with van der Waals surface area (Å²) in [5.74, 6) is -1.08. The van der Waals surface area contributed by atoms with E-state index < -0.39 is 11.6 Å². The van der Waals surface area contributed by atoms with Gasteiger partial charge in [-0.25, -0.2) is 13.8 Å². The molecule has 0 aliphatic carbocycles. The Balaban J connectivity index is 2.27. The molecule has 17 heavy (non-hydrogen) atoms. The maximum Gasteiger partial charge on any atom is 0.129 e. The first-order valence-corrected chi connectivity index (χ1v) is 6.01. The summed E-state index contributed by atoms with van der Waals surface area (Å²) in [6.07, 6.45) is 0.426. The van der Waals surface area contributed by atoms with Gasteiger partial charge in [-0.05, 0) is 18.6 Å². The fourth-order valence-corrected chi connectivity index (χ4v) is 2.55. The smallest absolute Gasteiger partial charge is 0.129 e. The topological polar surface area (TPSA) is 38.9 Å². The summed E-state index contributed by atoms with van der Waals surface area (Å²) in [7, 11) is 0. The first-order chi connectivity index (χ1) is 8.10. The zero-order valence-corrected chi connectivity index (χ0v) is 10.2. The number of thiazole rings is 1. The van der Waals surface area contributed by atoms with Crippen molar-refractivity contribution in [3.8, 4) is 0 Å². The standard InChI is InChI=1S/C12H12F2N2S/c1-7-11(17-12(6-15)16-7)4-8-2-3-9(13)5-10(8)14/h2-3,5H,4,6,15H2,1H3. The predicted octanol–water partition coefficient (Wildman–Crippen LogP) is 2.78. The van der Waals surface area contributed by atoms with Gasteiger partial charge in [-0.1, -0.05) is 6.07 Å². The molecule has 0 saturated carbocycles. The molecule has 0 spiro atoms. The molecule has 5 heteroatoms. The molecule has 1 heterocycles. The van der Waals surface area contributed by atoms with Crippen LogP contribution in [0.25, 0.3) is 0 Å². The highest BCUT2D eigenvalue weighted by atomic mass is 32.1. The molecule has 0 bridgehead atoms. The minimum atomic E-state index is -0.560. The average molecular weight is 254 g/mol. The van der Waals surface area contributed by atoms with Crippen LogP contribution in [0.2, 0.25) is 0 Å². The van der Waals surface area contributed by atoms with Crippen molar-refractivity contribution in [2.24, 2.45) is 5.73 Å². The monoisotopic (exact) mass is 254 g/mol. The third-order valence-electron chi connectivity index (χ3n) is 2.48.